The summed E-state index contributed by atoms with van der Waals surface area (Å²) in [6.45, 7) is 2.25. The lowest BCUT2D eigenvalue weighted by molar-refractivity contribution is 0.512. The lowest BCUT2D eigenvalue weighted by atomic mass is 9.93. The number of nitrogens with zero attached hydrogens (tertiary/aromatic N) is 2. The normalized spacial score (nSPS) is 28.2. The third-order valence-electron chi connectivity index (χ3n) is 4.55. The van der Waals surface area contributed by atoms with Crippen LogP contribution in [0.5, 0.6) is 0 Å². The van der Waals surface area contributed by atoms with Crippen LogP contribution in [0, 0.1) is 5.92 Å². The van der Waals surface area contributed by atoms with Crippen LogP contribution in [0.25, 0.3) is 11.6 Å². The molecule has 3 atom stereocenters. The average molecular weight is 269 g/mol. The van der Waals surface area contributed by atoms with E-state index >= 15 is 0 Å². The zero-order valence-electron chi connectivity index (χ0n) is 11.7. The van der Waals surface area contributed by atoms with Crippen molar-refractivity contribution in [3.63, 3.8) is 0 Å². The van der Waals surface area contributed by atoms with Gasteiger partial charge in [0, 0.05) is 29.4 Å². The Morgan fingerprint density at radius 1 is 1.35 bits per heavy atom. The van der Waals surface area contributed by atoms with Crippen molar-refractivity contribution in [2.75, 3.05) is 0 Å². The summed E-state index contributed by atoms with van der Waals surface area (Å²) in [7, 11) is 0. The standard InChI is InChI=1S/C16H19N3O/c1-9-7-10(9)14-5-6-15(20-14)16-18-8-11-12(17)3-2-4-13(11)19-16/h5-6,8-10,12H,2-4,7,17H2,1H3. The molecule has 2 aromatic rings. The fourth-order valence-electron chi connectivity index (χ4n) is 3.09. The Morgan fingerprint density at radius 3 is 3.00 bits per heavy atom. The Bertz CT molecular complexity index is 649. The van der Waals surface area contributed by atoms with Gasteiger partial charge in [0.15, 0.2) is 11.6 Å². The Morgan fingerprint density at radius 2 is 2.20 bits per heavy atom. The van der Waals surface area contributed by atoms with Crippen molar-refractivity contribution >= 4 is 0 Å². The summed E-state index contributed by atoms with van der Waals surface area (Å²) in [6, 6.07) is 4.15. The molecule has 1 saturated carbocycles. The van der Waals surface area contributed by atoms with Gasteiger partial charge in [0.1, 0.15) is 5.76 Å². The molecule has 3 unspecified atom stereocenters. The highest BCUT2D eigenvalue weighted by atomic mass is 16.3. The minimum absolute atomic E-state index is 0.0901. The van der Waals surface area contributed by atoms with E-state index in [2.05, 4.69) is 23.0 Å². The first-order valence-corrected chi connectivity index (χ1v) is 7.44. The molecule has 4 rings (SSSR count). The molecule has 2 N–H and O–H groups in total. The van der Waals surface area contributed by atoms with E-state index in [1.54, 1.807) is 0 Å². The Kier molecular flexibility index (Phi) is 2.67. The minimum Gasteiger partial charge on any atom is -0.457 e. The van der Waals surface area contributed by atoms with Gasteiger partial charge in [-0.15, -0.1) is 0 Å². The molecular weight excluding hydrogens is 250 g/mol. The monoisotopic (exact) mass is 269 g/mol. The molecular formula is C16H19N3O. The van der Waals surface area contributed by atoms with Gasteiger partial charge < -0.3 is 10.2 Å². The predicted molar refractivity (Wildman–Crippen MR) is 76.1 cm³/mol. The molecule has 0 spiro atoms. The van der Waals surface area contributed by atoms with Gasteiger partial charge in [-0.3, -0.25) is 0 Å². The molecule has 0 aromatic carbocycles. The van der Waals surface area contributed by atoms with E-state index in [1.165, 1.54) is 6.42 Å². The van der Waals surface area contributed by atoms with Gasteiger partial charge in [-0.25, -0.2) is 9.97 Å². The third kappa shape index (κ3) is 1.95. The molecule has 0 amide bonds. The van der Waals surface area contributed by atoms with Crippen LogP contribution >= 0.6 is 0 Å². The minimum atomic E-state index is 0.0901. The van der Waals surface area contributed by atoms with Crippen LogP contribution in [-0.2, 0) is 6.42 Å². The Balaban J connectivity index is 1.67. The number of hydrogen-bond acceptors (Lipinski definition) is 4. The zero-order valence-corrected chi connectivity index (χ0v) is 11.7. The van der Waals surface area contributed by atoms with Gasteiger partial charge >= 0.3 is 0 Å². The fourth-order valence-corrected chi connectivity index (χ4v) is 3.09. The van der Waals surface area contributed by atoms with Crippen molar-refractivity contribution in [2.24, 2.45) is 11.7 Å². The van der Waals surface area contributed by atoms with Gasteiger partial charge in [0.05, 0.1) is 0 Å². The van der Waals surface area contributed by atoms with Gasteiger partial charge in [-0.2, -0.15) is 0 Å². The van der Waals surface area contributed by atoms with E-state index in [4.69, 9.17) is 10.2 Å². The highest BCUT2D eigenvalue weighted by molar-refractivity contribution is 5.48. The van der Waals surface area contributed by atoms with Crippen molar-refractivity contribution < 1.29 is 4.42 Å². The molecule has 0 aliphatic heterocycles. The number of furan rings is 1. The summed E-state index contributed by atoms with van der Waals surface area (Å²) in [5.74, 6) is 3.88. The van der Waals surface area contributed by atoms with Crippen molar-refractivity contribution in [3.05, 3.63) is 35.3 Å². The van der Waals surface area contributed by atoms with E-state index in [0.717, 1.165) is 48.0 Å². The maximum atomic E-state index is 6.10. The molecule has 2 aliphatic carbocycles. The smallest absolute Gasteiger partial charge is 0.195 e. The highest BCUT2D eigenvalue weighted by Crippen LogP contribution is 2.47. The molecule has 0 radical (unpaired) electrons. The van der Waals surface area contributed by atoms with Crippen LogP contribution in [0.15, 0.2) is 22.7 Å². The highest BCUT2D eigenvalue weighted by Gasteiger charge is 2.36. The van der Waals surface area contributed by atoms with E-state index in [1.807, 2.05) is 12.3 Å². The third-order valence-corrected chi connectivity index (χ3v) is 4.55. The van der Waals surface area contributed by atoms with Crippen LogP contribution in [0.3, 0.4) is 0 Å². The second kappa shape index (κ2) is 4.42. The molecule has 104 valence electrons. The first-order chi connectivity index (χ1) is 9.72. The maximum absolute atomic E-state index is 6.10. The number of hydrogen-bond donors (Lipinski definition) is 1. The number of aryl methyl sites for hydroxylation is 1. The SMILES string of the molecule is CC1CC1c1ccc(-c2ncc3c(n2)CCCC3N)o1. The van der Waals surface area contributed by atoms with Crippen molar-refractivity contribution in [1.29, 1.82) is 0 Å². The molecule has 1 fully saturated rings. The molecule has 20 heavy (non-hydrogen) atoms. The molecule has 2 heterocycles. The van der Waals surface area contributed by atoms with E-state index < -0.39 is 0 Å². The van der Waals surface area contributed by atoms with Crippen LogP contribution in [-0.4, -0.2) is 9.97 Å². The second-order valence-corrected chi connectivity index (χ2v) is 6.12. The first kappa shape index (κ1) is 12.1. The van der Waals surface area contributed by atoms with Crippen molar-refractivity contribution in [1.82, 2.24) is 9.97 Å². The number of nitrogens with two attached hydrogens (primary N) is 1. The van der Waals surface area contributed by atoms with Crippen molar-refractivity contribution in [3.8, 4) is 11.6 Å². The number of aromatic nitrogens is 2. The largest absolute Gasteiger partial charge is 0.457 e. The molecule has 2 aliphatic rings. The summed E-state index contributed by atoms with van der Waals surface area (Å²) >= 11 is 0. The summed E-state index contributed by atoms with van der Waals surface area (Å²) < 4.78 is 5.93. The molecule has 0 saturated heterocycles. The fraction of sp³-hybridized carbons (Fsp3) is 0.500. The van der Waals surface area contributed by atoms with Gasteiger partial charge in [-0.1, -0.05) is 6.92 Å². The number of fused-ring (bicyclic) bond motifs is 1. The molecule has 0 bridgehead atoms. The summed E-state index contributed by atoms with van der Waals surface area (Å²) in [5, 5.41) is 0. The summed E-state index contributed by atoms with van der Waals surface area (Å²) in [6.07, 6.45) is 6.23. The number of rotatable bonds is 2. The molecule has 4 heteroatoms. The summed E-state index contributed by atoms with van der Waals surface area (Å²) in [5.41, 5.74) is 8.29. The first-order valence-electron chi connectivity index (χ1n) is 7.44. The van der Waals surface area contributed by atoms with Gasteiger partial charge in [0.25, 0.3) is 0 Å². The quantitative estimate of drug-likeness (QED) is 0.909. The Hall–Kier alpha value is -1.68. The lowest BCUT2D eigenvalue weighted by Gasteiger charge is -2.20. The Labute approximate surface area is 118 Å². The lowest BCUT2D eigenvalue weighted by Crippen LogP contribution is -2.19. The maximum Gasteiger partial charge on any atom is 0.195 e. The van der Waals surface area contributed by atoms with Crippen molar-refractivity contribution in [2.45, 2.75) is 44.6 Å². The van der Waals surface area contributed by atoms with Crippen LogP contribution < -0.4 is 5.73 Å². The van der Waals surface area contributed by atoms with Gasteiger partial charge in [-0.05, 0) is 43.7 Å². The molecule has 4 nitrogen and oxygen atoms in total. The topological polar surface area (TPSA) is 64.9 Å². The van der Waals surface area contributed by atoms with Crippen LogP contribution in [0.4, 0.5) is 0 Å². The second-order valence-electron chi connectivity index (χ2n) is 6.12. The predicted octanol–water partition coefficient (Wildman–Crippen LogP) is 3.20. The zero-order chi connectivity index (χ0) is 13.7. The van der Waals surface area contributed by atoms with Crippen LogP contribution in [0.2, 0.25) is 0 Å². The van der Waals surface area contributed by atoms with E-state index in [-0.39, 0.29) is 6.04 Å². The average Bonchev–Trinajstić information content (AvgIpc) is 3.00. The molecule has 2 aromatic heterocycles. The summed E-state index contributed by atoms with van der Waals surface area (Å²) in [4.78, 5) is 9.10. The van der Waals surface area contributed by atoms with Gasteiger partial charge in [0.2, 0.25) is 0 Å². The van der Waals surface area contributed by atoms with Crippen LogP contribution in [0.1, 0.15) is 55.2 Å². The van der Waals surface area contributed by atoms with E-state index in [9.17, 15) is 0 Å². The van der Waals surface area contributed by atoms with E-state index in [0.29, 0.717) is 11.7 Å².